The molecule has 0 unspecified atom stereocenters. The molecule has 82 valence electrons. The molecule has 0 aromatic heterocycles. The molecule has 1 aliphatic carbocycles. The maximum absolute atomic E-state index is 11.5. The summed E-state index contributed by atoms with van der Waals surface area (Å²) in [7, 11) is 0. The second-order valence-corrected chi connectivity index (χ2v) is 5.60. The zero-order valence-corrected chi connectivity index (χ0v) is 9.89. The number of carbonyl (C=O) groups is 1. The predicted octanol–water partition coefficient (Wildman–Crippen LogP) is 2.73. The molecule has 0 bridgehead atoms. The van der Waals surface area contributed by atoms with E-state index in [9.17, 15) is 4.79 Å². The normalized spacial score (nSPS) is 22.4. The van der Waals surface area contributed by atoms with Crippen LogP contribution in [-0.4, -0.2) is 11.9 Å². The molecule has 2 heteroatoms. The molecule has 1 amide bonds. The van der Waals surface area contributed by atoms with Crippen molar-refractivity contribution in [1.29, 1.82) is 0 Å². The van der Waals surface area contributed by atoms with Crippen molar-refractivity contribution >= 4 is 5.91 Å². The van der Waals surface area contributed by atoms with Crippen LogP contribution in [0.3, 0.4) is 0 Å². The Balaban J connectivity index is 2.33. The van der Waals surface area contributed by atoms with E-state index in [0.29, 0.717) is 11.5 Å². The van der Waals surface area contributed by atoms with E-state index in [1.807, 2.05) is 13.8 Å². The highest BCUT2D eigenvalue weighted by Gasteiger charge is 2.27. The van der Waals surface area contributed by atoms with Crippen LogP contribution in [0.1, 0.15) is 53.4 Å². The number of carbonyl (C=O) groups excluding carboxylic acids is 1. The Kier molecular flexibility index (Phi) is 3.57. The lowest BCUT2D eigenvalue weighted by Crippen LogP contribution is -2.41. The molecule has 1 fully saturated rings. The highest BCUT2D eigenvalue weighted by Crippen LogP contribution is 2.34. The zero-order chi connectivity index (χ0) is 10.8. The lowest BCUT2D eigenvalue weighted by atomic mass is 9.75. The number of hydrogen-bond donors (Lipinski definition) is 1. The van der Waals surface area contributed by atoms with Crippen molar-refractivity contribution in [3.63, 3.8) is 0 Å². The van der Waals surface area contributed by atoms with Gasteiger partial charge in [0.15, 0.2) is 0 Å². The van der Waals surface area contributed by atoms with Crippen molar-refractivity contribution in [1.82, 2.24) is 5.32 Å². The Morgan fingerprint density at radius 1 is 1.29 bits per heavy atom. The number of nitrogens with one attached hydrogen (secondary N) is 1. The van der Waals surface area contributed by atoms with Gasteiger partial charge in [0.2, 0.25) is 5.91 Å². The van der Waals surface area contributed by atoms with E-state index in [0.717, 1.165) is 12.8 Å². The highest BCUT2D eigenvalue weighted by molar-refractivity contribution is 5.78. The Morgan fingerprint density at radius 2 is 1.79 bits per heavy atom. The van der Waals surface area contributed by atoms with E-state index in [-0.39, 0.29) is 11.8 Å². The highest BCUT2D eigenvalue weighted by atomic mass is 16.1. The molecule has 0 radical (unpaired) electrons. The molecule has 1 N–H and O–H groups in total. The van der Waals surface area contributed by atoms with Crippen LogP contribution in [0.2, 0.25) is 0 Å². The molecule has 0 spiro atoms. The topological polar surface area (TPSA) is 29.1 Å². The van der Waals surface area contributed by atoms with Crippen LogP contribution in [-0.2, 0) is 4.79 Å². The Labute approximate surface area is 87.5 Å². The quantitative estimate of drug-likeness (QED) is 0.724. The molecule has 0 aromatic carbocycles. The van der Waals surface area contributed by atoms with Crippen LogP contribution >= 0.6 is 0 Å². The molecule has 2 nitrogen and oxygen atoms in total. The summed E-state index contributed by atoms with van der Waals surface area (Å²) >= 11 is 0. The first kappa shape index (κ1) is 11.5. The first-order valence-electron chi connectivity index (χ1n) is 5.71. The van der Waals surface area contributed by atoms with Gasteiger partial charge in [0, 0.05) is 12.0 Å². The van der Waals surface area contributed by atoms with Gasteiger partial charge in [0.25, 0.3) is 0 Å². The van der Waals surface area contributed by atoms with Crippen molar-refractivity contribution < 1.29 is 4.79 Å². The van der Waals surface area contributed by atoms with Crippen molar-refractivity contribution in [2.45, 2.75) is 59.4 Å². The molecule has 14 heavy (non-hydrogen) atoms. The lowest BCUT2D eigenvalue weighted by Gasteiger charge is -2.34. The summed E-state index contributed by atoms with van der Waals surface area (Å²) in [6.07, 6.45) is 4.75. The van der Waals surface area contributed by atoms with Crippen molar-refractivity contribution in [3.05, 3.63) is 0 Å². The third-order valence-corrected chi connectivity index (χ3v) is 3.21. The minimum Gasteiger partial charge on any atom is -0.353 e. The van der Waals surface area contributed by atoms with Crippen molar-refractivity contribution in [2.24, 2.45) is 11.3 Å². The van der Waals surface area contributed by atoms with E-state index >= 15 is 0 Å². The second-order valence-electron chi connectivity index (χ2n) is 5.60. The van der Waals surface area contributed by atoms with Crippen LogP contribution in [0, 0.1) is 11.3 Å². The van der Waals surface area contributed by atoms with Crippen molar-refractivity contribution in [3.8, 4) is 0 Å². The van der Waals surface area contributed by atoms with Gasteiger partial charge in [-0.2, -0.15) is 0 Å². The molecule has 1 saturated carbocycles. The summed E-state index contributed by atoms with van der Waals surface area (Å²) in [6, 6.07) is 0.429. The van der Waals surface area contributed by atoms with E-state index < -0.39 is 0 Å². The minimum atomic E-state index is 0.116. The van der Waals surface area contributed by atoms with Crippen LogP contribution in [0.5, 0.6) is 0 Å². The molecule has 0 heterocycles. The number of amides is 1. The van der Waals surface area contributed by atoms with E-state index in [1.54, 1.807) is 0 Å². The molecule has 0 saturated heterocycles. The Morgan fingerprint density at radius 3 is 2.21 bits per heavy atom. The molecule has 1 rings (SSSR count). The van der Waals surface area contributed by atoms with E-state index in [1.165, 1.54) is 12.8 Å². The first-order chi connectivity index (χ1) is 6.41. The summed E-state index contributed by atoms with van der Waals surface area (Å²) in [4.78, 5) is 11.5. The summed E-state index contributed by atoms with van der Waals surface area (Å²) in [6.45, 7) is 8.52. The van der Waals surface area contributed by atoms with Crippen molar-refractivity contribution in [2.75, 3.05) is 0 Å². The van der Waals surface area contributed by atoms with Gasteiger partial charge >= 0.3 is 0 Å². The maximum atomic E-state index is 11.5. The van der Waals surface area contributed by atoms with Gasteiger partial charge in [-0.15, -0.1) is 0 Å². The number of rotatable bonds is 2. The van der Waals surface area contributed by atoms with Crippen LogP contribution in [0.15, 0.2) is 0 Å². The first-order valence-corrected chi connectivity index (χ1v) is 5.71. The molecular weight excluding hydrogens is 174 g/mol. The fraction of sp³-hybridized carbons (Fsp3) is 0.917. The average Bonchev–Trinajstić information content (AvgIpc) is 2.08. The largest absolute Gasteiger partial charge is 0.353 e. The zero-order valence-electron chi connectivity index (χ0n) is 9.89. The van der Waals surface area contributed by atoms with Gasteiger partial charge in [-0.25, -0.2) is 0 Å². The molecular formula is C12H23NO. The minimum absolute atomic E-state index is 0.116. The van der Waals surface area contributed by atoms with E-state index in [4.69, 9.17) is 0 Å². The standard InChI is InChI=1S/C12H23NO/c1-9(2)11(14)13-10-5-7-12(3,4)8-6-10/h9-10H,5-8H2,1-4H3,(H,13,14). The van der Waals surface area contributed by atoms with Gasteiger partial charge in [-0.1, -0.05) is 27.7 Å². The summed E-state index contributed by atoms with van der Waals surface area (Å²) in [5, 5.41) is 3.12. The maximum Gasteiger partial charge on any atom is 0.222 e. The third kappa shape index (κ3) is 3.32. The SMILES string of the molecule is CC(C)C(=O)NC1CCC(C)(C)CC1. The average molecular weight is 197 g/mol. The van der Waals surface area contributed by atoms with Gasteiger partial charge < -0.3 is 5.32 Å². The summed E-state index contributed by atoms with van der Waals surface area (Å²) in [5.41, 5.74) is 0.485. The van der Waals surface area contributed by atoms with Crippen LogP contribution in [0.25, 0.3) is 0 Å². The summed E-state index contributed by atoms with van der Waals surface area (Å²) in [5.74, 6) is 0.319. The predicted molar refractivity (Wildman–Crippen MR) is 59.0 cm³/mol. The fourth-order valence-electron chi connectivity index (χ4n) is 1.91. The molecule has 0 aromatic rings. The molecule has 1 aliphatic rings. The van der Waals surface area contributed by atoms with Gasteiger partial charge in [0.1, 0.15) is 0 Å². The Bertz CT molecular complexity index is 198. The molecule has 0 aliphatic heterocycles. The number of hydrogen-bond acceptors (Lipinski definition) is 1. The monoisotopic (exact) mass is 197 g/mol. The second kappa shape index (κ2) is 4.33. The Hall–Kier alpha value is -0.530. The van der Waals surface area contributed by atoms with Gasteiger partial charge in [0.05, 0.1) is 0 Å². The third-order valence-electron chi connectivity index (χ3n) is 3.21. The van der Waals surface area contributed by atoms with Gasteiger partial charge in [-0.05, 0) is 31.1 Å². The smallest absolute Gasteiger partial charge is 0.222 e. The van der Waals surface area contributed by atoms with Crippen LogP contribution in [0.4, 0.5) is 0 Å². The fourth-order valence-corrected chi connectivity index (χ4v) is 1.91. The summed E-state index contributed by atoms with van der Waals surface area (Å²) < 4.78 is 0. The van der Waals surface area contributed by atoms with E-state index in [2.05, 4.69) is 19.2 Å². The van der Waals surface area contributed by atoms with Gasteiger partial charge in [-0.3, -0.25) is 4.79 Å². The van der Waals surface area contributed by atoms with Crippen LogP contribution < -0.4 is 5.32 Å². The molecule has 0 atom stereocenters. The lowest BCUT2D eigenvalue weighted by molar-refractivity contribution is -0.125.